The summed E-state index contributed by atoms with van der Waals surface area (Å²) in [7, 11) is 1.64. The molecule has 90 valence electrons. The van der Waals surface area contributed by atoms with Gasteiger partial charge in [-0.15, -0.1) is 0 Å². The Bertz CT molecular complexity index is 397. The first-order chi connectivity index (χ1) is 8.26. The third-order valence-corrected chi connectivity index (χ3v) is 2.42. The van der Waals surface area contributed by atoms with E-state index in [1.54, 1.807) is 7.11 Å². The Hall–Kier alpha value is -1.80. The van der Waals surface area contributed by atoms with Gasteiger partial charge in [0.25, 0.3) is 0 Å². The summed E-state index contributed by atoms with van der Waals surface area (Å²) in [5, 5.41) is 15.0. The van der Waals surface area contributed by atoms with Crippen molar-refractivity contribution in [2.24, 2.45) is 0 Å². The number of nitriles is 1. The van der Waals surface area contributed by atoms with Gasteiger partial charge in [0, 0.05) is 13.1 Å². The third-order valence-electron chi connectivity index (χ3n) is 2.13. The number of nitrogens with zero attached hydrogens (tertiary/aromatic N) is 1. The second kappa shape index (κ2) is 7.47. The highest BCUT2D eigenvalue weighted by atomic mass is 32.1. The standard InChI is InChI=1S/C12H15N3OS/c1-16-11-5-3-10(4-6-11)9-15-12(17)14-8-2-7-13/h3-6H,2,8-9H2,1H3,(H2,14,15,17). The minimum Gasteiger partial charge on any atom is -0.497 e. The summed E-state index contributed by atoms with van der Waals surface area (Å²) in [6, 6.07) is 9.81. The number of nitrogens with one attached hydrogen (secondary N) is 2. The quantitative estimate of drug-likeness (QED) is 0.613. The molecule has 0 aromatic heterocycles. The lowest BCUT2D eigenvalue weighted by Gasteiger charge is -2.09. The van der Waals surface area contributed by atoms with Gasteiger partial charge in [0.2, 0.25) is 0 Å². The van der Waals surface area contributed by atoms with Crippen LogP contribution in [-0.2, 0) is 6.54 Å². The number of rotatable bonds is 5. The van der Waals surface area contributed by atoms with E-state index in [9.17, 15) is 0 Å². The Morgan fingerprint density at radius 3 is 2.65 bits per heavy atom. The van der Waals surface area contributed by atoms with E-state index >= 15 is 0 Å². The molecule has 0 atom stereocenters. The van der Waals surface area contributed by atoms with Crippen molar-refractivity contribution in [3.63, 3.8) is 0 Å². The molecule has 5 heteroatoms. The molecule has 17 heavy (non-hydrogen) atoms. The summed E-state index contributed by atoms with van der Waals surface area (Å²) >= 11 is 5.06. The van der Waals surface area contributed by atoms with Gasteiger partial charge in [-0.25, -0.2) is 0 Å². The number of benzene rings is 1. The largest absolute Gasteiger partial charge is 0.497 e. The minimum absolute atomic E-state index is 0.449. The van der Waals surface area contributed by atoms with Gasteiger partial charge in [-0.3, -0.25) is 0 Å². The van der Waals surface area contributed by atoms with Crippen LogP contribution in [0.3, 0.4) is 0 Å². The first-order valence-electron chi connectivity index (χ1n) is 5.28. The molecule has 1 aromatic rings. The van der Waals surface area contributed by atoms with Crippen molar-refractivity contribution in [2.45, 2.75) is 13.0 Å². The van der Waals surface area contributed by atoms with Gasteiger partial charge in [-0.1, -0.05) is 12.1 Å². The van der Waals surface area contributed by atoms with Crippen LogP contribution in [0.5, 0.6) is 5.75 Å². The third kappa shape index (κ3) is 5.18. The van der Waals surface area contributed by atoms with Gasteiger partial charge < -0.3 is 15.4 Å². The van der Waals surface area contributed by atoms with Crippen molar-refractivity contribution in [1.29, 1.82) is 5.26 Å². The number of methoxy groups -OCH3 is 1. The topological polar surface area (TPSA) is 57.1 Å². The SMILES string of the molecule is COc1ccc(CNC(=S)NCCC#N)cc1. The van der Waals surface area contributed by atoms with Crippen molar-refractivity contribution in [1.82, 2.24) is 10.6 Å². The second-order valence-electron chi connectivity index (χ2n) is 3.37. The molecule has 0 amide bonds. The van der Waals surface area contributed by atoms with Crippen LogP contribution in [0.25, 0.3) is 0 Å². The van der Waals surface area contributed by atoms with Crippen LogP contribution in [-0.4, -0.2) is 18.8 Å². The summed E-state index contributed by atoms with van der Waals surface area (Å²) in [4.78, 5) is 0. The average Bonchev–Trinajstić information content (AvgIpc) is 2.37. The van der Waals surface area contributed by atoms with Gasteiger partial charge in [0.05, 0.1) is 19.6 Å². The van der Waals surface area contributed by atoms with Crippen LogP contribution in [0.4, 0.5) is 0 Å². The molecule has 0 radical (unpaired) electrons. The molecule has 2 N–H and O–H groups in total. The molecule has 0 saturated heterocycles. The molecule has 1 aromatic carbocycles. The summed E-state index contributed by atoms with van der Waals surface area (Å²) < 4.78 is 5.07. The Kier molecular flexibility index (Phi) is 5.83. The molecule has 0 aliphatic rings. The molecule has 0 aliphatic carbocycles. The number of ether oxygens (including phenoxy) is 1. The average molecular weight is 249 g/mol. The summed E-state index contributed by atoms with van der Waals surface area (Å²) in [6.07, 6.45) is 0.449. The number of hydrogen-bond acceptors (Lipinski definition) is 3. The number of thiocarbonyl (C=S) groups is 1. The summed E-state index contributed by atoms with van der Waals surface area (Å²) in [5.74, 6) is 0.837. The molecule has 0 fully saturated rings. The van der Waals surface area contributed by atoms with E-state index in [2.05, 4.69) is 10.6 Å². The molecule has 0 aliphatic heterocycles. The van der Waals surface area contributed by atoms with Crippen LogP contribution in [0.2, 0.25) is 0 Å². The maximum Gasteiger partial charge on any atom is 0.166 e. The molecule has 1 rings (SSSR count). The maximum atomic E-state index is 8.37. The summed E-state index contributed by atoms with van der Waals surface area (Å²) in [6.45, 7) is 1.23. The Balaban J connectivity index is 2.29. The lowest BCUT2D eigenvalue weighted by Crippen LogP contribution is -2.35. The fraction of sp³-hybridized carbons (Fsp3) is 0.333. The summed E-state index contributed by atoms with van der Waals surface area (Å²) in [5.41, 5.74) is 1.12. The zero-order chi connectivity index (χ0) is 12.5. The van der Waals surface area contributed by atoms with Crippen molar-refractivity contribution in [3.05, 3.63) is 29.8 Å². The van der Waals surface area contributed by atoms with E-state index in [-0.39, 0.29) is 0 Å². The molecule has 0 heterocycles. The van der Waals surface area contributed by atoms with E-state index < -0.39 is 0 Å². The van der Waals surface area contributed by atoms with E-state index in [0.717, 1.165) is 11.3 Å². The highest BCUT2D eigenvalue weighted by Crippen LogP contribution is 2.10. The van der Waals surface area contributed by atoms with E-state index in [1.807, 2.05) is 30.3 Å². The predicted octanol–water partition coefficient (Wildman–Crippen LogP) is 1.57. The molecule has 0 spiro atoms. The van der Waals surface area contributed by atoms with Crippen molar-refractivity contribution < 1.29 is 4.74 Å². The first kappa shape index (κ1) is 13.3. The fourth-order valence-corrected chi connectivity index (χ4v) is 1.39. The first-order valence-corrected chi connectivity index (χ1v) is 5.68. The van der Waals surface area contributed by atoms with Crippen LogP contribution < -0.4 is 15.4 Å². The minimum atomic E-state index is 0.449. The van der Waals surface area contributed by atoms with Gasteiger partial charge in [0.15, 0.2) is 5.11 Å². The zero-order valence-electron chi connectivity index (χ0n) is 9.69. The monoisotopic (exact) mass is 249 g/mol. The van der Waals surface area contributed by atoms with Gasteiger partial charge in [-0.2, -0.15) is 5.26 Å². The van der Waals surface area contributed by atoms with E-state index in [1.165, 1.54) is 0 Å². The van der Waals surface area contributed by atoms with Gasteiger partial charge in [0.1, 0.15) is 5.75 Å². The Morgan fingerprint density at radius 1 is 1.35 bits per heavy atom. The van der Waals surface area contributed by atoms with Crippen molar-refractivity contribution in [3.8, 4) is 11.8 Å². The van der Waals surface area contributed by atoms with Crippen LogP contribution in [0.1, 0.15) is 12.0 Å². The van der Waals surface area contributed by atoms with E-state index in [0.29, 0.717) is 24.6 Å². The van der Waals surface area contributed by atoms with Gasteiger partial charge >= 0.3 is 0 Å². The van der Waals surface area contributed by atoms with Crippen LogP contribution in [0, 0.1) is 11.3 Å². The normalized spacial score (nSPS) is 9.18. The Labute approximate surface area is 107 Å². The highest BCUT2D eigenvalue weighted by Gasteiger charge is 1.96. The molecule has 0 unspecified atom stereocenters. The second-order valence-corrected chi connectivity index (χ2v) is 3.77. The zero-order valence-corrected chi connectivity index (χ0v) is 10.5. The van der Waals surface area contributed by atoms with Crippen LogP contribution in [0.15, 0.2) is 24.3 Å². The van der Waals surface area contributed by atoms with E-state index in [4.69, 9.17) is 22.2 Å². The molecule has 4 nitrogen and oxygen atoms in total. The highest BCUT2D eigenvalue weighted by molar-refractivity contribution is 7.80. The molecular weight excluding hydrogens is 234 g/mol. The predicted molar refractivity (Wildman–Crippen MR) is 70.7 cm³/mol. The maximum absolute atomic E-state index is 8.37. The van der Waals surface area contributed by atoms with Gasteiger partial charge in [-0.05, 0) is 29.9 Å². The van der Waals surface area contributed by atoms with Crippen molar-refractivity contribution >= 4 is 17.3 Å². The number of hydrogen-bond donors (Lipinski definition) is 2. The molecular formula is C12H15N3OS. The lowest BCUT2D eigenvalue weighted by molar-refractivity contribution is 0.414. The Morgan fingerprint density at radius 2 is 2.06 bits per heavy atom. The van der Waals surface area contributed by atoms with Crippen molar-refractivity contribution in [2.75, 3.05) is 13.7 Å². The molecule has 0 saturated carbocycles. The molecule has 0 bridgehead atoms. The lowest BCUT2D eigenvalue weighted by atomic mass is 10.2. The van der Waals surface area contributed by atoms with Crippen LogP contribution >= 0.6 is 12.2 Å². The smallest absolute Gasteiger partial charge is 0.166 e. The fourth-order valence-electron chi connectivity index (χ4n) is 1.22.